The first-order valence-corrected chi connectivity index (χ1v) is 9.75. The monoisotopic (exact) mass is 428 g/mol. The average molecular weight is 429 g/mol. The van der Waals surface area contributed by atoms with Gasteiger partial charge in [0.15, 0.2) is 0 Å². The molecule has 2 aromatic rings. The Kier molecular flexibility index (Phi) is 6.20. The van der Waals surface area contributed by atoms with Crippen molar-refractivity contribution >= 4 is 40.9 Å². The number of carboxylic acid groups (broad SMARTS) is 1. The van der Waals surface area contributed by atoms with Crippen molar-refractivity contribution in [2.45, 2.75) is 23.7 Å². The zero-order valence-electron chi connectivity index (χ0n) is 15.0. The van der Waals surface area contributed by atoms with Crippen LogP contribution in [-0.2, 0) is 0 Å². The highest BCUT2D eigenvalue weighted by molar-refractivity contribution is 8.00. The second kappa shape index (κ2) is 8.45. The van der Waals surface area contributed by atoms with E-state index in [1.165, 1.54) is 31.2 Å². The molecule has 150 valence electrons. The molecule has 0 spiro atoms. The lowest BCUT2D eigenvalue weighted by Gasteiger charge is -2.34. The molecule has 28 heavy (non-hydrogen) atoms. The fourth-order valence-electron chi connectivity index (χ4n) is 2.94. The van der Waals surface area contributed by atoms with Crippen molar-refractivity contribution in [2.75, 3.05) is 29.8 Å². The number of hydrogen-bond acceptors (Lipinski definition) is 5. The average Bonchev–Trinajstić information content (AvgIpc) is 2.66. The normalized spacial score (nSPS) is 15.9. The smallest absolute Gasteiger partial charge is 0.335 e. The molecule has 0 aliphatic carbocycles. The van der Waals surface area contributed by atoms with Gasteiger partial charge < -0.3 is 19.5 Å². The number of halogens is 3. The second-order valence-electron chi connectivity index (χ2n) is 6.38. The Morgan fingerprint density at radius 1 is 1.25 bits per heavy atom. The predicted octanol–water partition coefficient (Wildman–Crippen LogP) is 5.40. The van der Waals surface area contributed by atoms with Gasteiger partial charge in [0.05, 0.1) is 28.9 Å². The van der Waals surface area contributed by atoms with Gasteiger partial charge >= 0.3 is 5.97 Å². The first-order chi connectivity index (χ1) is 13.3. The number of nitrogens with zero attached hydrogens (tertiary/aromatic N) is 1. The molecule has 1 heterocycles. The Morgan fingerprint density at radius 2 is 1.96 bits per heavy atom. The molecule has 0 unspecified atom stereocenters. The van der Waals surface area contributed by atoms with Crippen LogP contribution in [0.5, 0.6) is 5.75 Å². The number of carbonyl (C=O) groups is 1. The van der Waals surface area contributed by atoms with Gasteiger partial charge in [0.25, 0.3) is 5.92 Å². The number of ether oxygens (including phenoxy) is 1. The Labute approximate surface area is 170 Å². The number of anilines is 2. The van der Waals surface area contributed by atoms with Crippen molar-refractivity contribution in [1.82, 2.24) is 0 Å². The standard InChI is InChI=1S/C19H19ClF2N2O3S/c1-27-16-5-2-12(18(25)26)10-17(16)28-23-14-11-13(20)3-4-15(14)24-8-6-19(21,22)7-9-24/h2-5,10-11,23H,6-9H2,1H3,(H,25,26). The van der Waals surface area contributed by atoms with Crippen LogP contribution in [0.4, 0.5) is 20.2 Å². The summed E-state index contributed by atoms with van der Waals surface area (Å²) in [6.07, 6.45) is -0.395. The minimum Gasteiger partial charge on any atom is -0.496 e. The lowest BCUT2D eigenvalue weighted by atomic mass is 10.1. The highest BCUT2D eigenvalue weighted by atomic mass is 35.5. The topological polar surface area (TPSA) is 61.8 Å². The van der Waals surface area contributed by atoms with E-state index in [1.807, 2.05) is 4.90 Å². The maximum Gasteiger partial charge on any atom is 0.335 e. The van der Waals surface area contributed by atoms with Crippen molar-refractivity contribution in [3.63, 3.8) is 0 Å². The molecular weight excluding hydrogens is 410 g/mol. The van der Waals surface area contributed by atoms with Gasteiger partial charge in [-0.1, -0.05) is 11.6 Å². The van der Waals surface area contributed by atoms with E-state index in [1.54, 1.807) is 24.3 Å². The van der Waals surface area contributed by atoms with Gasteiger partial charge in [-0.3, -0.25) is 0 Å². The summed E-state index contributed by atoms with van der Waals surface area (Å²) in [5, 5.41) is 9.70. The van der Waals surface area contributed by atoms with Crippen LogP contribution in [0.25, 0.3) is 0 Å². The Balaban J connectivity index is 1.82. The zero-order chi connectivity index (χ0) is 20.3. The summed E-state index contributed by atoms with van der Waals surface area (Å²) in [7, 11) is 1.50. The van der Waals surface area contributed by atoms with Gasteiger partial charge in [0.1, 0.15) is 5.75 Å². The van der Waals surface area contributed by atoms with Crippen molar-refractivity contribution in [3.05, 3.63) is 47.0 Å². The second-order valence-corrected chi connectivity index (χ2v) is 7.66. The van der Waals surface area contributed by atoms with E-state index in [0.29, 0.717) is 21.4 Å². The fraction of sp³-hybridized carbons (Fsp3) is 0.316. The van der Waals surface area contributed by atoms with E-state index in [9.17, 15) is 18.7 Å². The first-order valence-electron chi connectivity index (χ1n) is 8.55. The van der Waals surface area contributed by atoms with Crippen molar-refractivity contribution < 1.29 is 23.4 Å². The van der Waals surface area contributed by atoms with Crippen molar-refractivity contribution in [2.24, 2.45) is 0 Å². The SMILES string of the molecule is COc1ccc(C(=O)O)cc1SNc1cc(Cl)ccc1N1CCC(F)(F)CC1. The van der Waals surface area contributed by atoms with E-state index in [-0.39, 0.29) is 31.5 Å². The molecule has 0 bridgehead atoms. The lowest BCUT2D eigenvalue weighted by molar-refractivity contribution is -0.0220. The van der Waals surface area contributed by atoms with E-state index in [4.69, 9.17) is 16.3 Å². The van der Waals surface area contributed by atoms with Crippen LogP contribution in [0.1, 0.15) is 23.2 Å². The van der Waals surface area contributed by atoms with E-state index in [2.05, 4.69) is 4.72 Å². The first kappa shape index (κ1) is 20.5. The minimum atomic E-state index is -2.63. The number of rotatable bonds is 6. The fourth-order valence-corrected chi connectivity index (χ4v) is 3.93. The number of nitrogens with one attached hydrogen (secondary N) is 1. The molecule has 2 aromatic carbocycles. The van der Waals surface area contributed by atoms with Gasteiger partial charge in [-0.05, 0) is 48.3 Å². The minimum absolute atomic E-state index is 0.134. The highest BCUT2D eigenvalue weighted by Gasteiger charge is 2.34. The van der Waals surface area contributed by atoms with Gasteiger partial charge in [0, 0.05) is 31.0 Å². The highest BCUT2D eigenvalue weighted by Crippen LogP contribution is 2.38. The Morgan fingerprint density at radius 3 is 2.61 bits per heavy atom. The zero-order valence-corrected chi connectivity index (χ0v) is 16.6. The van der Waals surface area contributed by atoms with Crippen LogP contribution in [0.2, 0.25) is 5.02 Å². The van der Waals surface area contributed by atoms with Crippen molar-refractivity contribution in [3.8, 4) is 5.75 Å². The van der Waals surface area contributed by atoms with Crippen LogP contribution in [0.3, 0.4) is 0 Å². The third-order valence-electron chi connectivity index (χ3n) is 4.48. The predicted molar refractivity (Wildman–Crippen MR) is 107 cm³/mol. The summed E-state index contributed by atoms with van der Waals surface area (Å²) in [4.78, 5) is 13.7. The largest absolute Gasteiger partial charge is 0.496 e. The molecule has 9 heteroatoms. The molecule has 0 radical (unpaired) electrons. The number of benzene rings is 2. The number of aromatic carboxylic acids is 1. The summed E-state index contributed by atoms with van der Waals surface area (Å²) in [6, 6.07) is 9.77. The summed E-state index contributed by atoms with van der Waals surface area (Å²) in [5.41, 5.74) is 1.56. The summed E-state index contributed by atoms with van der Waals surface area (Å²) in [5.74, 6) is -3.15. The van der Waals surface area contributed by atoms with Crippen LogP contribution in [0.15, 0.2) is 41.3 Å². The third kappa shape index (κ3) is 4.80. The Bertz CT molecular complexity index is 872. The molecule has 0 saturated carbocycles. The number of carboxylic acids is 1. The molecule has 5 nitrogen and oxygen atoms in total. The molecule has 2 N–H and O–H groups in total. The summed E-state index contributed by atoms with van der Waals surface area (Å²) in [6.45, 7) is 0.484. The van der Waals surface area contributed by atoms with E-state index < -0.39 is 11.9 Å². The van der Waals surface area contributed by atoms with Crippen LogP contribution in [0, 0.1) is 0 Å². The molecule has 0 amide bonds. The molecular formula is C19H19ClF2N2O3S. The van der Waals surface area contributed by atoms with Gasteiger partial charge in [-0.2, -0.15) is 0 Å². The van der Waals surface area contributed by atoms with Gasteiger partial charge in [-0.25, -0.2) is 13.6 Å². The summed E-state index contributed by atoms with van der Waals surface area (Å²) < 4.78 is 35.4. The number of piperidine rings is 1. The maximum absolute atomic E-state index is 13.5. The number of alkyl halides is 2. The molecule has 3 rings (SSSR count). The van der Waals surface area contributed by atoms with E-state index in [0.717, 1.165) is 5.69 Å². The van der Waals surface area contributed by atoms with Crippen LogP contribution in [-0.4, -0.2) is 37.2 Å². The quantitative estimate of drug-likeness (QED) is 0.600. The van der Waals surface area contributed by atoms with E-state index >= 15 is 0 Å². The molecule has 1 saturated heterocycles. The summed E-state index contributed by atoms with van der Waals surface area (Å²) >= 11 is 7.29. The third-order valence-corrected chi connectivity index (χ3v) is 5.57. The Hall–Kier alpha value is -2.19. The molecule has 1 aliphatic rings. The van der Waals surface area contributed by atoms with Crippen molar-refractivity contribution in [1.29, 1.82) is 0 Å². The maximum atomic E-state index is 13.5. The number of methoxy groups -OCH3 is 1. The van der Waals surface area contributed by atoms with Gasteiger partial charge in [-0.15, -0.1) is 0 Å². The van der Waals surface area contributed by atoms with Gasteiger partial charge in [0.2, 0.25) is 0 Å². The van der Waals surface area contributed by atoms with Crippen LogP contribution >= 0.6 is 23.5 Å². The molecule has 0 aromatic heterocycles. The number of hydrogen-bond donors (Lipinski definition) is 2. The molecule has 1 fully saturated rings. The molecule has 0 atom stereocenters. The van der Waals surface area contributed by atoms with Crippen LogP contribution < -0.4 is 14.4 Å². The lowest BCUT2D eigenvalue weighted by Crippen LogP contribution is -2.39. The molecule has 1 aliphatic heterocycles.